The molecule has 4 heteroatoms. The average molecular weight is 271 g/mol. The maximum atomic E-state index is 6.55. The van der Waals surface area contributed by atoms with Crippen LogP contribution in [0, 0.1) is 5.92 Å². The molecule has 4 unspecified atom stereocenters. The molecule has 3 saturated heterocycles. The van der Waals surface area contributed by atoms with E-state index in [1.165, 1.54) is 12.2 Å². The first-order valence-corrected chi connectivity index (χ1v) is 8.40. The van der Waals surface area contributed by atoms with E-state index in [9.17, 15) is 0 Å². The van der Waals surface area contributed by atoms with Crippen LogP contribution in [0.2, 0.25) is 0 Å². The molecule has 3 nitrogen and oxygen atoms in total. The number of ether oxygens (including phenoxy) is 2. The minimum atomic E-state index is -0.0883. The maximum Gasteiger partial charge on any atom is 0.0808 e. The van der Waals surface area contributed by atoms with Crippen molar-refractivity contribution < 1.29 is 9.47 Å². The number of nitrogens with two attached hydrogens (primary N) is 1. The second kappa shape index (κ2) is 4.97. The van der Waals surface area contributed by atoms with Gasteiger partial charge < -0.3 is 15.2 Å². The predicted molar refractivity (Wildman–Crippen MR) is 74.9 cm³/mol. The molecule has 3 fully saturated rings. The van der Waals surface area contributed by atoms with Gasteiger partial charge in [-0.25, -0.2) is 0 Å². The lowest BCUT2D eigenvalue weighted by atomic mass is 9.75. The Morgan fingerprint density at radius 2 is 2.17 bits per heavy atom. The van der Waals surface area contributed by atoms with Crippen LogP contribution in [0.25, 0.3) is 0 Å². The Kier molecular flexibility index (Phi) is 3.65. The van der Waals surface area contributed by atoms with Gasteiger partial charge in [0.1, 0.15) is 0 Å². The van der Waals surface area contributed by atoms with E-state index in [0.29, 0.717) is 5.92 Å². The van der Waals surface area contributed by atoms with Gasteiger partial charge in [0, 0.05) is 25.0 Å². The Morgan fingerprint density at radius 3 is 2.83 bits per heavy atom. The average Bonchev–Trinajstić information content (AvgIpc) is 2.99. The molecule has 0 aromatic rings. The van der Waals surface area contributed by atoms with E-state index >= 15 is 0 Å². The molecule has 2 N–H and O–H groups in total. The normalized spacial score (nSPS) is 46.7. The van der Waals surface area contributed by atoms with Crippen LogP contribution in [-0.2, 0) is 9.47 Å². The lowest BCUT2D eigenvalue weighted by molar-refractivity contribution is -0.103. The Labute approximate surface area is 114 Å². The van der Waals surface area contributed by atoms with Gasteiger partial charge in [-0.15, -0.1) is 0 Å². The number of hydrogen-bond acceptors (Lipinski definition) is 4. The van der Waals surface area contributed by atoms with E-state index in [1.807, 2.05) is 11.8 Å². The fourth-order valence-electron chi connectivity index (χ4n) is 3.80. The molecule has 0 aromatic heterocycles. The SMILES string of the molecule is CC1(C(N)C2CCOC3(CCSC3)C2)CCCO1. The van der Waals surface area contributed by atoms with E-state index in [-0.39, 0.29) is 17.2 Å². The molecule has 0 amide bonds. The summed E-state index contributed by atoms with van der Waals surface area (Å²) in [7, 11) is 0. The van der Waals surface area contributed by atoms with Crippen LogP contribution in [0.15, 0.2) is 0 Å². The first-order chi connectivity index (χ1) is 8.64. The summed E-state index contributed by atoms with van der Waals surface area (Å²) in [6.45, 7) is 3.97. The standard InChI is InChI=1S/C14H25NO2S/c1-13(4-2-6-16-13)12(15)11-3-7-17-14(9-11)5-8-18-10-14/h11-12H,2-10,15H2,1H3. The van der Waals surface area contributed by atoms with Crippen molar-refractivity contribution in [2.75, 3.05) is 24.7 Å². The summed E-state index contributed by atoms with van der Waals surface area (Å²) in [4.78, 5) is 0. The summed E-state index contributed by atoms with van der Waals surface area (Å²) in [6, 6.07) is 0.173. The van der Waals surface area contributed by atoms with E-state index in [2.05, 4.69) is 6.92 Å². The van der Waals surface area contributed by atoms with Crippen molar-refractivity contribution in [1.82, 2.24) is 0 Å². The fourth-order valence-corrected chi connectivity index (χ4v) is 5.18. The summed E-state index contributed by atoms with van der Waals surface area (Å²) < 4.78 is 12.0. The highest BCUT2D eigenvalue weighted by Gasteiger charge is 2.47. The Balaban J connectivity index is 1.68. The van der Waals surface area contributed by atoms with Gasteiger partial charge in [-0.1, -0.05) is 0 Å². The predicted octanol–water partition coefficient (Wildman–Crippen LogP) is 2.19. The van der Waals surface area contributed by atoms with Gasteiger partial charge in [-0.2, -0.15) is 11.8 Å². The Bertz CT molecular complexity index is 288. The number of thioether (sulfide) groups is 1. The molecule has 1 spiro atoms. The van der Waals surface area contributed by atoms with Crippen LogP contribution in [-0.4, -0.2) is 42.0 Å². The summed E-state index contributed by atoms with van der Waals surface area (Å²) in [5, 5.41) is 0. The molecule has 0 radical (unpaired) electrons. The summed E-state index contributed by atoms with van der Waals surface area (Å²) in [6.07, 6.45) is 5.73. The number of rotatable bonds is 2. The lowest BCUT2D eigenvalue weighted by Gasteiger charge is -2.44. The molecular formula is C14H25NO2S. The van der Waals surface area contributed by atoms with Crippen LogP contribution >= 0.6 is 11.8 Å². The van der Waals surface area contributed by atoms with Crippen molar-refractivity contribution in [1.29, 1.82) is 0 Å². The smallest absolute Gasteiger partial charge is 0.0808 e. The molecule has 3 rings (SSSR count). The second-order valence-electron chi connectivity index (χ2n) is 6.38. The summed E-state index contributed by atoms with van der Waals surface area (Å²) >= 11 is 2.03. The zero-order valence-corrected chi connectivity index (χ0v) is 12.1. The van der Waals surface area contributed by atoms with Crippen LogP contribution in [0.5, 0.6) is 0 Å². The van der Waals surface area contributed by atoms with Gasteiger partial charge in [-0.05, 0) is 50.7 Å². The van der Waals surface area contributed by atoms with Crippen molar-refractivity contribution in [2.24, 2.45) is 11.7 Å². The fraction of sp³-hybridized carbons (Fsp3) is 1.00. The zero-order valence-electron chi connectivity index (χ0n) is 11.3. The third-order valence-electron chi connectivity index (χ3n) is 5.06. The number of hydrogen-bond donors (Lipinski definition) is 1. The molecule has 18 heavy (non-hydrogen) atoms. The first-order valence-electron chi connectivity index (χ1n) is 7.25. The molecular weight excluding hydrogens is 246 g/mol. The molecule has 0 aliphatic carbocycles. The molecule has 3 heterocycles. The molecule has 0 bridgehead atoms. The van der Waals surface area contributed by atoms with Crippen molar-refractivity contribution in [3.63, 3.8) is 0 Å². The van der Waals surface area contributed by atoms with Crippen molar-refractivity contribution >= 4 is 11.8 Å². The van der Waals surface area contributed by atoms with Crippen molar-refractivity contribution in [3.8, 4) is 0 Å². The van der Waals surface area contributed by atoms with Crippen molar-refractivity contribution in [3.05, 3.63) is 0 Å². The lowest BCUT2D eigenvalue weighted by Crippen LogP contribution is -2.54. The molecule has 3 aliphatic rings. The van der Waals surface area contributed by atoms with Gasteiger partial charge in [0.25, 0.3) is 0 Å². The van der Waals surface area contributed by atoms with Gasteiger partial charge in [-0.3, -0.25) is 0 Å². The highest BCUT2D eigenvalue weighted by atomic mass is 32.2. The van der Waals surface area contributed by atoms with Gasteiger partial charge in [0.05, 0.1) is 11.2 Å². The quantitative estimate of drug-likeness (QED) is 0.836. The van der Waals surface area contributed by atoms with E-state index in [0.717, 1.165) is 44.6 Å². The van der Waals surface area contributed by atoms with Gasteiger partial charge >= 0.3 is 0 Å². The molecule has 104 valence electrons. The third-order valence-corrected chi connectivity index (χ3v) is 6.28. The molecule has 0 aromatic carbocycles. The van der Waals surface area contributed by atoms with Gasteiger partial charge in [0.15, 0.2) is 0 Å². The molecule has 4 atom stereocenters. The third kappa shape index (κ3) is 2.33. The Hall–Kier alpha value is 0.230. The highest BCUT2D eigenvalue weighted by Crippen LogP contribution is 2.43. The van der Waals surface area contributed by atoms with Crippen LogP contribution in [0.1, 0.15) is 39.0 Å². The Morgan fingerprint density at radius 1 is 1.28 bits per heavy atom. The zero-order chi connectivity index (χ0) is 12.6. The van der Waals surface area contributed by atoms with Gasteiger partial charge in [0.2, 0.25) is 0 Å². The largest absolute Gasteiger partial charge is 0.374 e. The molecule has 0 saturated carbocycles. The van der Waals surface area contributed by atoms with Crippen molar-refractivity contribution in [2.45, 2.75) is 56.3 Å². The van der Waals surface area contributed by atoms with E-state index in [1.54, 1.807) is 0 Å². The van der Waals surface area contributed by atoms with Crippen LogP contribution in [0.3, 0.4) is 0 Å². The van der Waals surface area contributed by atoms with Crippen LogP contribution in [0.4, 0.5) is 0 Å². The first kappa shape index (κ1) is 13.2. The molecule has 3 aliphatic heterocycles. The van der Waals surface area contributed by atoms with E-state index < -0.39 is 0 Å². The monoisotopic (exact) mass is 271 g/mol. The summed E-state index contributed by atoms with van der Waals surface area (Å²) in [5.74, 6) is 2.98. The maximum absolute atomic E-state index is 6.55. The van der Waals surface area contributed by atoms with Crippen LogP contribution < -0.4 is 5.73 Å². The van der Waals surface area contributed by atoms with E-state index in [4.69, 9.17) is 15.2 Å². The topological polar surface area (TPSA) is 44.5 Å². The highest BCUT2D eigenvalue weighted by molar-refractivity contribution is 7.99. The summed E-state index contributed by atoms with van der Waals surface area (Å²) in [5.41, 5.74) is 6.60. The minimum absolute atomic E-state index is 0.0883. The minimum Gasteiger partial charge on any atom is -0.374 e. The second-order valence-corrected chi connectivity index (χ2v) is 7.48.